The van der Waals surface area contributed by atoms with Crippen molar-refractivity contribution in [1.29, 1.82) is 0 Å². The number of aryl methyl sites for hydroxylation is 1. The molecule has 1 heteroatoms. The summed E-state index contributed by atoms with van der Waals surface area (Å²) in [5.74, 6) is 0. The number of furan rings is 1. The fourth-order valence-electron chi connectivity index (χ4n) is 2.66. The van der Waals surface area contributed by atoms with Crippen molar-refractivity contribution in [1.82, 2.24) is 0 Å². The van der Waals surface area contributed by atoms with Gasteiger partial charge in [0.05, 0.1) is 2.74 Å². The molecule has 4 rings (SSSR count). The molecule has 0 saturated heterocycles. The third kappa shape index (κ3) is 1.56. The largest absolute Gasteiger partial charge is 0.455 e. The summed E-state index contributed by atoms with van der Waals surface area (Å²) in [4.78, 5) is 0. The van der Waals surface area contributed by atoms with Crippen molar-refractivity contribution >= 4 is 21.9 Å². The highest BCUT2D eigenvalue weighted by Gasteiger charge is 2.12. The molecule has 96 valence electrons. The summed E-state index contributed by atoms with van der Waals surface area (Å²) in [7, 11) is 0. The van der Waals surface area contributed by atoms with E-state index in [4.69, 9.17) is 7.16 Å². The lowest BCUT2D eigenvalue weighted by atomic mass is 10.0. The monoisotopic (exact) mass is 260 g/mol. The highest BCUT2D eigenvalue weighted by molar-refractivity contribution is 6.10. The first kappa shape index (κ1) is 9.38. The number of benzene rings is 3. The molecule has 0 aliphatic rings. The molecule has 0 fully saturated rings. The number of hydrogen-bond acceptors (Lipinski definition) is 1. The van der Waals surface area contributed by atoms with Crippen LogP contribution in [0.3, 0.4) is 0 Å². The van der Waals surface area contributed by atoms with Gasteiger partial charge in [-0.3, -0.25) is 0 Å². The zero-order chi connectivity index (χ0) is 15.3. The van der Waals surface area contributed by atoms with E-state index in [0.29, 0.717) is 12.1 Å². The summed E-state index contributed by atoms with van der Waals surface area (Å²) in [6.07, 6.45) is 0. The molecule has 20 heavy (non-hydrogen) atoms. The van der Waals surface area contributed by atoms with Crippen molar-refractivity contribution in [2.45, 2.75) is 6.92 Å². The summed E-state index contributed by atoms with van der Waals surface area (Å²) in [6.45, 7) is 1.95. The van der Waals surface area contributed by atoms with Crippen LogP contribution in [-0.2, 0) is 0 Å². The highest BCUT2D eigenvalue weighted by atomic mass is 16.3. The van der Waals surface area contributed by atoms with E-state index in [2.05, 4.69) is 0 Å². The van der Waals surface area contributed by atoms with Crippen LogP contribution in [0.25, 0.3) is 33.1 Å². The molecule has 0 amide bonds. The molecule has 1 heterocycles. The summed E-state index contributed by atoms with van der Waals surface area (Å²) >= 11 is 0. The molecule has 0 unspecified atom stereocenters. The van der Waals surface area contributed by atoms with Gasteiger partial charge in [0.1, 0.15) is 11.2 Å². The van der Waals surface area contributed by atoms with Crippen molar-refractivity contribution < 1.29 is 7.16 Å². The van der Waals surface area contributed by atoms with E-state index < -0.39 is 0 Å². The van der Waals surface area contributed by atoms with Gasteiger partial charge in [0.2, 0.25) is 0 Å². The molecular weight excluding hydrogens is 244 g/mol. The van der Waals surface area contributed by atoms with Gasteiger partial charge in [0.25, 0.3) is 0 Å². The van der Waals surface area contributed by atoms with E-state index in [1.807, 2.05) is 55.5 Å². The number of rotatable bonds is 1. The van der Waals surface area contributed by atoms with Gasteiger partial charge in [-0.1, -0.05) is 66.7 Å². The van der Waals surface area contributed by atoms with Crippen LogP contribution in [0.1, 0.15) is 8.30 Å². The summed E-state index contributed by atoms with van der Waals surface area (Å²) in [5, 5.41) is 1.81. The SMILES string of the molecule is [2H]c1cc(C)c2oc3c(-c4ccccc4)cc([2H])cc3c2c1. The molecule has 3 aromatic carbocycles. The summed E-state index contributed by atoms with van der Waals surface area (Å²) in [5.41, 5.74) is 4.48. The maximum absolute atomic E-state index is 8.10. The highest BCUT2D eigenvalue weighted by Crippen LogP contribution is 2.36. The lowest BCUT2D eigenvalue weighted by Crippen LogP contribution is -1.77. The van der Waals surface area contributed by atoms with Crippen LogP contribution in [0.4, 0.5) is 0 Å². The number of fused-ring (bicyclic) bond motifs is 3. The quantitative estimate of drug-likeness (QED) is 0.436. The third-order valence-corrected chi connectivity index (χ3v) is 3.65. The second-order valence-electron chi connectivity index (χ2n) is 4.96. The van der Waals surface area contributed by atoms with E-state index in [1.165, 1.54) is 0 Å². The predicted molar refractivity (Wildman–Crippen MR) is 83.9 cm³/mol. The topological polar surface area (TPSA) is 13.1 Å². The molecule has 0 saturated carbocycles. The molecule has 0 radical (unpaired) electrons. The van der Waals surface area contributed by atoms with Gasteiger partial charge in [0.15, 0.2) is 0 Å². The van der Waals surface area contributed by atoms with Gasteiger partial charge in [-0.15, -0.1) is 0 Å². The fourth-order valence-corrected chi connectivity index (χ4v) is 2.66. The van der Waals surface area contributed by atoms with E-state index >= 15 is 0 Å². The van der Waals surface area contributed by atoms with Gasteiger partial charge in [-0.2, -0.15) is 0 Å². The van der Waals surface area contributed by atoms with Gasteiger partial charge < -0.3 is 4.42 Å². The molecule has 4 aromatic rings. The van der Waals surface area contributed by atoms with Crippen molar-refractivity contribution in [3.8, 4) is 11.1 Å². The first-order chi connectivity index (χ1) is 10.6. The Kier molecular flexibility index (Phi) is 1.99. The second kappa shape index (κ2) is 4.24. The average molecular weight is 260 g/mol. The van der Waals surface area contributed by atoms with Crippen LogP contribution >= 0.6 is 0 Å². The smallest absolute Gasteiger partial charge is 0.143 e. The molecule has 0 N–H and O–H groups in total. The molecule has 0 aliphatic carbocycles. The van der Waals surface area contributed by atoms with Crippen LogP contribution in [-0.4, -0.2) is 0 Å². The van der Waals surface area contributed by atoms with E-state index in [0.717, 1.165) is 38.6 Å². The maximum Gasteiger partial charge on any atom is 0.143 e. The van der Waals surface area contributed by atoms with Crippen molar-refractivity contribution in [3.63, 3.8) is 0 Å². The van der Waals surface area contributed by atoms with Gasteiger partial charge in [-0.05, 0) is 18.1 Å². The zero-order valence-electron chi connectivity index (χ0n) is 13.1. The Labute approximate surface area is 120 Å². The standard InChI is InChI=1S/C19H14O/c1-13-7-5-11-16-17-12-6-10-15(19(17)20-18(13)16)14-8-3-2-4-9-14/h2-12H,1H3/i5D,6D. The van der Waals surface area contributed by atoms with Crippen molar-refractivity contribution in [2.75, 3.05) is 0 Å². The molecule has 1 aromatic heterocycles. The van der Waals surface area contributed by atoms with Crippen molar-refractivity contribution in [2.24, 2.45) is 0 Å². The Bertz CT molecular complexity index is 1000. The van der Waals surface area contributed by atoms with E-state index in [1.54, 1.807) is 6.07 Å². The van der Waals surface area contributed by atoms with Gasteiger partial charge in [-0.25, -0.2) is 0 Å². The fraction of sp³-hybridized carbons (Fsp3) is 0.0526. The Morgan fingerprint density at radius 1 is 0.800 bits per heavy atom. The lowest BCUT2D eigenvalue weighted by Gasteiger charge is -2.01. The van der Waals surface area contributed by atoms with Crippen LogP contribution in [0.5, 0.6) is 0 Å². The van der Waals surface area contributed by atoms with Crippen LogP contribution in [0.15, 0.2) is 71.1 Å². The second-order valence-corrected chi connectivity index (χ2v) is 4.96. The van der Waals surface area contributed by atoms with E-state index in [9.17, 15) is 0 Å². The first-order valence-corrected chi connectivity index (χ1v) is 6.63. The minimum atomic E-state index is 0.446. The third-order valence-electron chi connectivity index (χ3n) is 3.65. The summed E-state index contributed by atoms with van der Waals surface area (Å²) in [6, 6.07) is 18.1. The van der Waals surface area contributed by atoms with Crippen LogP contribution < -0.4 is 0 Å². The van der Waals surface area contributed by atoms with E-state index in [-0.39, 0.29) is 0 Å². The molecule has 0 spiro atoms. The van der Waals surface area contributed by atoms with Crippen molar-refractivity contribution in [3.05, 3.63) is 72.2 Å². The summed E-state index contributed by atoms with van der Waals surface area (Å²) < 4.78 is 22.1. The Balaban J connectivity index is 2.17. The van der Waals surface area contributed by atoms with Crippen LogP contribution in [0, 0.1) is 6.92 Å². The number of para-hydroxylation sites is 2. The maximum atomic E-state index is 8.10. The van der Waals surface area contributed by atoms with Crippen LogP contribution in [0.2, 0.25) is 0 Å². The molecule has 0 bridgehead atoms. The zero-order valence-corrected chi connectivity index (χ0v) is 11.1. The lowest BCUT2D eigenvalue weighted by molar-refractivity contribution is 0.667. The predicted octanol–water partition coefficient (Wildman–Crippen LogP) is 5.56. The average Bonchev–Trinajstić information content (AvgIpc) is 2.86. The Morgan fingerprint density at radius 2 is 1.50 bits per heavy atom. The molecule has 0 aliphatic heterocycles. The Hall–Kier alpha value is -2.54. The number of hydrogen-bond donors (Lipinski definition) is 0. The minimum Gasteiger partial charge on any atom is -0.455 e. The molecule has 0 atom stereocenters. The first-order valence-electron chi connectivity index (χ1n) is 7.63. The van der Waals surface area contributed by atoms with Gasteiger partial charge in [0, 0.05) is 16.3 Å². The Morgan fingerprint density at radius 3 is 2.30 bits per heavy atom. The normalized spacial score (nSPS) is 12.7. The minimum absolute atomic E-state index is 0.446. The molecular formula is C19H14O. The van der Waals surface area contributed by atoms with Gasteiger partial charge >= 0.3 is 0 Å². The molecule has 1 nitrogen and oxygen atoms in total.